The zero-order valence-electron chi connectivity index (χ0n) is 19.2. The van der Waals surface area contributed by atoms with Crippen LogP contribution < -0.4 is 9.62 Å². The summed E-state index contributed by atoms with van der Waals surface area (Å²) in [4.78, 5) is 14.0. The van der Waals surface area contributed by atoms with Crippen LogP contribution in [0.5, 0.6) is 0 Å². The molecule has 3 aromatic carbocycles. The first kappa shape index (κ1) is 24.9. The number of benzene rings is 3. The molecule has 0 spiro atoms. The first-order valence-electron chi connectivity index (χ1n) is 11.0. The maximum Gasteiger partial charge on any atom is 0.264 e. The maximum atomic E-state index is 13.5. The van der Waals surface area contributed by atoms with E-state index >= 15 is 0 Å². The molecule has 0 aliphatic carbocycles. The van der Waals surface area contributed by atoms with Gasteiger partial charge in [-0.25, -0.2) is 8.42 Å². The molecule has 0 atom stereocenters. The van der Waals surface area contributed by atoms with Crippen molar-refractivity contribution in [3.63, 3.8) is 0 Å². The zero-order chi connectivity index (χ0) is 23.8. The van der Waals surface area contributed by atoms with Gasteiger partial charge in [-0.15, -0.1) is 11.8 Å². The quantitative estimate of drug-likeness (QED) is 0.366. The van der Waals surface area contributed by atoms with Crippen LogP contribution in [0.3, 0.4) is 0 Å². The van der Waals surface area contributed by atoms with E-state index in [2.05, 4.69) is 12.2 Å². The molecule has 0 saturated carbocycles. The number of sulfonamides is 1. The Morgan fingerprint density at radius 1 is 0.939 bits per heavy atom. The number of carbonyl (C=O) groups excluding carboxylic acids is 1. The first-order chi connectivity index (χ1) is 15.8. The minimum Gasteiger partial charge on any atom is -0.325 e. The van der Waals surface area contributed by atoms with Gasteiger partial charge in [0.15, 0.2) is 0 Å². The molecule has 0 radical (unpaired) electrons. The number of nitrogens with one attached hydrogen (secondary N) is 1. The van der Waals surface area contributed by atoms with E-state index in [0.29, 0.717) is 11.4 Å². The van der Waals surface area contributed by atoms with E-state index in [0.717, 1.165) is 34.0 Å². The van der Waals surface area contributed by atoms with Gasteiger partial charge in [-0.1, -0.05) is 43.2 Å². The third kappa shape index (κ3) is 6.62. The number of hydrogen-bond acceptors (Lipinski definition) is 4. The van der Waals surface area contributed by atoms with E-state index in [9.17, 15) is 13.2 Å². The van der Waals surface area contributed by atoms with E-state index in [-0.39, 0.29) is 11.4 Å². The van der Waals surface area contributed by atoms with Crippen molar-refractivity contribution in [1.29, 1.82) is 0 Å². The van der Waals surface area contributed by atoms with Gasteiger partial charge in [-0.05, 0) is 80.1 Å². The van der Waals surface area contributed by atoms with Crippen LogP contribution in [-0.4, -0.2) is 27.1 Å². The second-order valence-corrected chi connectivity index (χ2v) is 10.6. The zero-order valence-corrected chi connectivity index (χ0v) is 20.9. The van der Waals surface area contributed by atoms with E-state index in [4.69, 9.17) is 0 Å². The Labute approximate surface area is 201 Å². The monoisotopic (exact) mass is 482 g/mol. The number of rotatable bonds is 10. The average molecular weight is 483 g/mol. The van der Waals surface area contributed by atoms with Gasteiger partial charge >= 0.3 is 0 Å². The number of unbranched alkanes of at least 4 members (excludes halogenated alkanes) is 1. The maximum absolute atomic E-state index is 13.5. The largest absolute Gasteiger partial charge is 0.325 e. The summed E-state index contributed by atoms with van der Waals surface area (Å²) in [7, 11) is -3.93. The van der Waals surface area contributed by atoms with E-state index < -0.39 is 15.9 Å². The van der Waals surface area contributed by atoms with Crippen LogP contribution in [0.4, 0.5) is 11.4 Å². The molecule has 5 nitrogen and oxygen atoms in total. The summed E-state index contributed by atoms with van der Waals surface area (Å²) in [6.07, 6.45) is 5.18. The van der Waals surface area contributed by atoms with Crippen LogP contribution in [0.2, 0.25) is 0 Å². The highest BCUT2D eigenvalue weighted by atomic mass is 32.2. The summed E-state index contributed by atoms with van der Waals surface area (Å²) in [5, 5.41) is 2.83. The topological polar surface area (TPSA) is 66.5 Å². The Kier molecular flexibility index (Phi) is 8.58. The second kappa shape index (κ2) is 11.4. The van der Waals surface area contributed by atoms with E-state index in [1.165, 1.54) is 17.3 Å². The van der Waals surface area contributed by atoms with Crippen molar-refractivity contribution >= 4 is 39.1 Å². The summed E-state index contributed by atoms with van der Waals surface area (Å²) in [6, 6.07) is 21.5. The molecule has 33 heavy (non-hydrogen) atoms. The highest BCUT2D eigenvalue weighted by Gasteiger charge is 2.27. The third-order valence-electron chi connectivity index (χ3n) is 5.31. The summed E-state index contributed by atoms with van der Waals surface area (Å²) in [5.74, 6) is -0.402. The molecular formula is C26H30N2O3S2. The molecule has 0 saturated heterocycles. The number of thioether (sulfide) groups is 1. The van der Waals surface area contributed by atoms with Crippen molar-refractivity contribution in [2.45, 2.75) is 42.9 Å². The Hall–Kier alpha value is -2.77. The molecule has 7 heteroatoms. The summed E-state index contributed by atoms with van der Waals surface area (Å²) < 4.78 is 28.1. The SMILES string of the molecule is CCCCc1ccc(NC(=O)CN(c2ccc(C)cc2)S(=O)(=O)c2ccc(SC)cc2)cc1. The normalized spacial score (nSPS) is 11.2. The molecule has 174 valence electrons. The smallest absolute Gasteiger partial charge is 0.264 e. The molecule has 0 unspecified atom stereocenters. The molecule has 0 bridgehead atoms. The molecule has 0 fully saturated rings. The predicted molar refractivity (Wildman–Crippen MR) is 138 cm³/mol. The van der Waals surface area contributed by atoms with Crippen LogP contribution in [0.15, 0.2) is 82.6 Å². The molecule has 0 aliphatic rings. The van der Waals surface area contributed by atoms with Gasteiger partial charge in [0.05, 0.1) is 10.6 Å². The van der Waals surface area contributed by atoms with Gasteiger partial charge in [0.2, 0.25) is 5.91 Å². The second-order valence-electron chi connectivity index (χ2n) is 7.87. The fourth-order valence-electron chi connectivity index (χ4n) is 3.37. The lowest BCUT2D eigenvalue weighted by Gasteiger charge is -2.24. The minimum absolute atomic E-state index is 0.147. The Morgan fingerprint density at radius 3 is 2.15 bits per heavy atom. The van der Waals surface area contributed by atoms with Crippen LogP contribution in [0, 0.1) is 6.92 Å². The number of anilines is 2. The molecule has 0 aromatic heterocycles. The average Bonchev–Trinajstić information content (AvgIpc) is 2.83. The summed E-state index contributed by atoms with van der Waals surface area (Å²) in [5.41, 5.74) is 3.31. The molecule has 1 amide bonds. The van der Waals surface area contributed by atoms with Crippen LogP contribution >= 0.6 is 11.8 Å². The van der Waals surface area contributed by atoms with Crippen LogP contribution in [0.25, 0.3) is 0 Å². The lowest BCUT2D eigenvalue weighted by molar-refractivity contribution is -0.114. The molecule has 3 rings (SSSR count). The van der Waals surface area contributed by atoms with Crippen LogP contribution in [-0.2, 0) is 21.2 Å². The number of nitrogens with zero attached hydrogens (tertiary/aromatic N) is 1. The minimum atomic E-state index is -3.93. The highest BCUT2D eigenvalue weighted by molar-refractivity contribution is 7.98. The number of aryl methyl sites for hydroxylation is 2. The van der Waals surface area contributed by atoms with Crippen molar-refractivity contribution in [3.8, 4) is 0 Å². The van der Waals surface area contributed by atoms with Crippen molar-refractivity contribution in [1.82, 2.24) is 0 Å². The number of hydrogen-bond donors (Lipinski definition) is 1. The van der Waals surface area contributed by atoms with Gasteiger partial charge < -0.3 is 5.32 Å². The predicted octanol–water partition coefficient (Wildman–Crippen LogP) is 5.89. The standard InChI is InChI=1S/C26H30N2O3S2/c1-4-5-6-21-9-11-22(12-10-21)27-26(29)19-28(23-13-7-20(2)8-14-23)33(30,31)25-17-15-24(32-3)16-18-25/h7-18H,4-6,19H2,1-3H3,(H,27,29). The number of amides is 1. The van der Waals surface area contributed by atoms with Gasteiger partial charge in [-0.3, -0.25) is 9.10 Å². The van der Waals surface area contributed by atoms with Gasteiger partial charge in [0.1, 0.15) is 6.54 Å². The molecule has 3 aromatic rings. The highest BCUT2D eigenvalue weighted by Crippen LogP contribution is 2.26. The summed E-state index contributed by atoms with van der Waals surface area (Å²) >= 11 is 1.54. The fourth-order valence-corrected chi connectivity index (χ4v) is 5.20. The van der Waals surface area contributed by atoms with Gasteiger partial charge in [0, 0.05) is 10.6 Å². The third-order valence-corrected chi connectivity index (χ3v) is 7.84. The molecule has 0 heterocycles. The molecular weight excluding hydrogens is 452 g/mol. The Bertz CT molecular complexity index is 1160. The van der Waals surface area contributed by atoms with Gasteiger partial charge in [-0.2, -0.15) is 0 Å². The van der Waals surface area contributed by atoms with E-state index in [1.54, 1.807) is 36.4 Å². The van der Waals surface area contributed by atoms with Crippen LogP contribution in [0.1, 0.15) is 30.9 Å². The number of carbonyl (C=O) groups is 1. The van der Waals surface area contributed by atoms with E-state index in [1.807, 2.05) is 49.6 Å². The Balaban J connectivity index is 1.83. The molecule has 0 aliphatic heterocycles. The van der Waals surface area contributed by atoms with Crippen molar-refractivity contribution < 1.29 is 13.2 Å². The lowest BCUT2D eigenvalue weighted by Crippen LogP contribution is -2.38. The fraction of sp³-hybridized carbons (Fsp3) is 0.269. The molecule has 1 N–H and O–H groups in total. The van der Waals surface area contributed by atoms with Crippen molar-refractivity contribution in [2.24, 2.45) is 0 Å². The lowest BCUT2D eigenvalue weighted by atomic mass is 10.1. The Morgan fingerprint density at radius 2 is 1.58 bits per heavy atom. The summed E-state index contributed by atoms with van der Waals surface area (Å²) in [6.45, 7) is 3.76. The van der Waals surface area contributed by atoms with Crippen molar-refractivity contribution in [2.75, 3.05) is 22.4 Å². The van der Waals surface area contributed by atoms with Crippen molar-refractivity contribution in [3.05, 3.63) is 83.9 Å². The first-order valence-corrected chi connectivity index (χ1v) is 13.6. The van der Waals surface area contributed by atoms with Gasteiger partial charge in [0.25, 0.3) is 10.0 Å².